The van der Waals surface area contributed by atoms with Gasteiger partial charge in [0.25, 0.3) is 0 Å². The molecule has 2 rings (SSSR count). The Kier molecular flexibility index (Phi) is 4.87. The zero-order valence-corrected chi connectivity index (χ0v) is 12.9. The van der Waals surface area contributed by atoms with Gasteiger partial charge in [-0.15, -0.1) is 0 Å². The molecule has 2 N–H and O–H groups in total. The topological polar surface area (TPSA) is 38.9 Å². The molecule has 0 fully saturated rings. The highest BCUT2D eigenvalue weighted by molar-refractivity contribution is 14.1. The van der Waals surface area contributed by atoms with Crippen LogP contribution in [0.3, 0.4) is 0 Å². The van der Waals surface area contributed by atoms with Crippen LogP contribution in [0.25, 0.3) is 0 Å². The van der Waals surface area contributed by atoms with Gasteiger partial charge in [-0.1, -0.05) is 6.07 Å². The second-order valence-electron chi connectivity index (χ2n) is 4.57. The van der Waals surface area contributed by atoms with Crippen molar-refractivity contribution in [2.45, 2.75) is 19.3 Å². The summed E-state index contributed by atoms with van der Waals surface area (Å²) >= 11 is 2.28. The number of hydrogen-bond acceptors (Lipinski definition) is 2. The van der Waals surface area contributed by atoms with Gasteiger partial charge in [0.1, 0.15) is 5.82 Å². The second kappa shape index (κ2) is 6.43. The lowest BCUT2D eigenvalue weighted by Crippen LogP contribution is -2.17. The van der Waals surface area contributed by atoms with E-state index >= 15 is 0 Å². The van der Waals surface area contributed by atoms with Crippen LogP contribution in [0.5, 0.6) is 0 Å². The van der Waals surface area contributed by atoms with Crippen LogP contribution in [0.15, 0.2) is 36.5 Å². The van der Waals surface area contributed by atoms with E-state index in [1.165, 1.54) is 6.07 Å². The molecular formula is C15H16FIN2. The van der Waals surface area contributed by atoms with E-state index in [0.29, 0.717) is 6.54 Å². The monoisotopic (exact) mass is 370 g/mol. The SMILES string of the molecule is Cc1cc(F)ccc1C(CN)Cc1ncccc1I. The first kappa shape index (κ1) is 14.4. The second-order valence-corrected chi connectivity index (χ2v) is 5.73. The van der Waals surface area contributed by atoms with E-state index in [4.69, 9.17) is 5.73 Å². The van der Waals surface area contributed by atoms with Crippen LogP contribution in [-0.4, -0.2) is 11.5 Å². The minimum atomic E-state index is -0.204. The standard InChI is InChI=1S/C15H16FIN2/c1-10-7-12(16)4-5-13(10)11(9-18)8-15-14(17)3-2-6-19-15/h2-7,11H,8-9,18H2,1H3. The Labute approximate surface area is 126 Å². The fraction of sp³-hybridized carbons (Fsp3) is 0.267. The molecule has 0 radical (unpaired) electrons. The van der Waals surface area contributed by atoms with Crippen molar-refractivity contribution in [1.29, 1.82) is 0 Å². The molecule has 0 amide bonds. The molecule has 4 heteroatoms. The zero-order chi connectivity index (χ0) is 13.8. The number of halogens is 2. The van der Waals surface area contributed by atoms with Gasteiger partial charge in [-0.2, -0.15) is 0 Å². The molecule has 1 aromatic carbocycles. The Bertz CT molecular complexity index is 572. The molecule has 2 nitrogen and oxygen atoms in total. The van der Waals surface area contributed by atoms with Gasteiger partial charge in [-0.05, 0) is 77.9 Å². The number of hydrogen-bond donors (Lipinski definition) is 1. The van der Waals surface area contributed by atoms with E-state index in [2.05, 4.69) is 27.6 Å². The van der Waals surface area contributed by atoms with Gasteiger partial charge in [-0.3, -0.25) is 4.98 Å². The van der Waals surface area contributed by atoms with Crippen molar-refractivity contribution in [2.75, 3.05) is 6.54 Å². The summed E-state index contributed by atoms with van der Waals surface area (Å²) in [6.45, 7) is 2.45. The highest BCUT2D eigenvalue weighted by atomic mass is 127. The van der Waals surface area contributed by atoms with Crippen molar-refractivity contribution in [2.24, 2.45) is 5.73 Å². The lowest BCUT2D eigenvalue weighted by atomic mass is 9.91. The number of benzene rings is 1. The molecule has 0 bridgehead atoms. The normalized spacial score (nSPS) is 12.4. The number of aryl methyl sites for hydroxylation is 1. The van der Waals surface area contributed by atoms with E-state index in [9.17, 15) is 4.39 Å². The number of pyridine rings is 1. The third-order valence-electron chi connectivity index (χ3n) is 3.23. The third kappa shape index (κ3) is 3.51. The Morgan fingerprint density at radius 1 is 1.37 bits per heavy atom. The summed E-state index contributed by atoms with van der Waals surface area (Å²) in [5.74, 6) is -0.0338. The molecule has 0 aliphatic carbocycles. The van der Waals surface area contributed by atoms with Crippen LogP contribution in [0.2, 0.25) is 0 Å². The third-order valence-corrected chi connectivity index (χ3v) is 4.21. The van der Waals surface area contributed by atoms with Gasteiger partial charge in [-0.25, -0.2) is 4.39 Å². The quantitative estimate of drug-likeness (QED) is 0.838. The van der Waals surface area contributed by atoms with E-state index in [0.717, 1.165) is 26.8 Å². The zero-order valence-electron chi connectivity index (χ0n) is 10.7. The smallest absolute Gasteiger partial charge is 0.123 e. The van der Waals surface area contributed by atoms with Gasteiger partial charge in [0, 0.05) is 15.7 Å². The van der Waals surface area contributed by atoms with Gasteiger partial charge in [0.2, 0.25) is 0 Å². The van der Waals surface area contributed by atoms with Gasteiger partial charge in [0.05, 0.1) is 5.69 Å². The molecule has 0 spiro atoms. The average molecular weight is 370 g/mol. The van der Waals surface area contributed by atoms with Crippen molar-refractivity contribution < 1.29 is 4.39 Å². The summed E-state index contributed by atoms with van der Waals surface area (Å²) in [5.41, 5.74) is 8.98. The fourth-order valence-electron chi connectivity index (χ4n) is 2.22. The maximum Gasteiger partial charge on any atom is 0.123 e. The minimum absolute atomic E-state index is 0.170. The highest BCUT2D eigenvalue weighted by Crippen LogP contribution is 2.24. The lowest BCUT2D eigenvalue weighted by Gasteiger charge is -2.18. The molecule has 0 aliphatic rings. The Balaban J connectivity index is 2.28. The molecule has 1 atom stereocenters. The lowest BCUT2D eigenvalue weighted by molar-refractivity contribution is 0.620. The summed E-state index contributed by atoms with van der Waals surface area (Å²) in [4.78, 5) is 4.40. The van der Waals surface area contributed by atoms with Crippen molar-refractivity contribution in [3.63, 3.8) is 0 Å². The van der Waals surface area contributed by atoms with Crippen molar-refractivity contribution >= 4 is 22.6 Å². The maximum atomic E-state index is 13.2. The van der Waals surface area contributed by atoms with Crippen LogP contribution >= 0.6 is 22.6 Å². The first-order valence-electron chi connectivity index (χ1n) is 6.17. The minimum Gasteiger partial charge on any atom is -0.330 e. The van der Waals surface area contributed by atoms with Crippen LogP contribution in [0, 0.1) is 16.3 Å². The molecule has 1 aromatic heterocycles. The van der Waals surface area contributed by atoms with Crippen LogP contribution in [0.4, 0.5) is 4.39 Å². The van der Waals surface area contributed by atoms with Crippen LogP contribution in [-0.2, 0) is 6.42 Å². The summed E-state index contributed by atoms with van der Waals surface area (Å²) in [5, 5.41) is 0. The molecule has 0 saturated heterocycles. The summed E-state index contributed by atoms with van der Waals surface area (Å²) < 4.78 is 14.3. The van der Waals surface area contributed by atoms with E-state index in [1.807, 2.05) is 25.1 Å². The molecule has 2 aromatic rings. The molecule has 0 aliphatic heterocycles. The first-order chi connectivity index (χ1) is 9.11. The molecule has 0 saturated carbocycles. The fourth-order valence-corrected chi connectivity index (χ4v) is 2.79. The predicted molar refractivity (Wildman–Crippen MR) is 83.6 cm³/mol. The van der Waals surface area contributed by atoms with E-state index in [-0.39, 0.29) is 11.7 Å². The van der Waals surface area contributed by atoms with E-state index < -0.39 is 0 Å². The Hall–Kier alpha value is -1.01. The van der Waals surface area contributed by atoms with Gasteiger partial charge >= 0.3 is 0 Å². The van der Waals surface area contributed by atoms with Gasteiger partial charge < -0.3 is 5.73 Å². The van der Waals surface area contributed by atoms with Crippen molar-refractivity contribution in [3.05, 3.63) is 62.7 Å². The molecule has 100 valence electrons. The van der Waals surface area contributed by atoms with Crippen LogP contribution < -0.4 is 5.73 Å². The average Bonchev–Trinajstić information content (AvgIpc) is 2.39. The molecule has 19 heavy (non-hydrogen) atoms. The van der Waals surface area contributed by atoms with Crippen molar-refractivity contribution in [1.82, 2.24) is 4.98 Å². The summed E-state index contributed by atoms with van der Waals surface area (Å²) in [6, 6.07) is 8.84. The number of nitrogens with zero attached hydrogens (tertiary/aromatic N) is 1. The van der Waals surface area contributed by atoms with Gasteiger partial charge in [0.15, 0.2) is 0 Å². The van der Waals surface area contributed by atoms with Crippen LogP contribution in [0.1, 0.15) is 22.7 Å². The largest absolute Gasteiger partial charge is 0.330 e. The first-order valence-corrected chi connectivity index (χ1v) is 7.25. The maximum absolute atomic E-state index is 13.2. The Morgan fingerprint density at radius 3 is 2.79 bits per heavy atom. The molecule has 1 heterocycles. The summed E-state index contributed by atoms with van der Waals surface area (Å²) in [7, 11) is 0. The molecule has 1 unspecified atom stereocenters. The predicted octanol–water partition coefficient (Wildman–Crippen LogP) is 3.42. The van der Waals surface area contributed by atoms with E-state index in [1.54, 1.807) is 12.3 Å². The number of nitrogens with two attached hydrogens (primary N) is 1. The number of rotatable bonds is 4. The Morgan fingerprint density at radius 2 is 2.16 bits per heavy atom. The number of aromatic nitrogens is 1. The molecular weight excluding hydrogens is 354 g/mol. The highest BCUT2D eigenvalue weighted by Gasteiger charge is 2.15. The summed E-state index contributed by atoms with van der Waals surface area (Å²) in [6.07, 6.45) is 2.57. The van der Waals surface area contributed by atoms with Crippen molar-refractivity contribution in [3.8, 4) is 0 Å².